The first kappa shape index (κ1) is 13.8. The molecule has 1 rings (SSSR count). The van der Waals surface area contributed by atoms with Gasteiger partial charge >= 0.3 is 18.1 Å². The van der Waals surface area contributed by atoms with Crippen molar-refractivity contribution in [1.82, 2.24) is 4.90 Å². The van der Waals surface area contributed by atoms with Crippen molar-refractivity contribution in [3.8, 4) is 0 Å². The fraction of sp³-hybridized carbons (Fsp3) is 0.778. The Morgan fingerprint density at radius 3 is 2.35 bits per heavy atom. The first-order valence-electron chi connectivity index (χ1n) is 4.78. The van der Waals surface area contributed by atoms with Gasteiger partial charge in [0.1, 0.15) is 0 Å². The first-order valence-corrected chi connectivity index (χ1v) is 4.78. The molecule has 0 aromatic rings. The Bertz CT molecular complexity index is 340. The lowest BCUT2D eigenvalue weighted by Crippen LogP contribution is -2.65. The summed E-state index contributed by atoms with van der Waals surface area (Å²) in [5, 5.41) is 8.81. The van der Waals surface area contributed by atoms with E-state index in [1.165, 1.54) is 13.8 Å². The number of ether oxygens (including phenoxy) is 1. The Labute approximate surface area is 95.1 Å². The standard InChI is InChI=1S/C9H12F3NO4/c1-8(2)4-17-3-5(6(14)15)13(8)7(16)9(10,11)12/h5H,3-4H2,1-2H3,(H,14,15). The number of aliphatic carboxylic acids is 1. The molecule has 1 atom stereocenters. The minimum atomic E-state index is -5.09. The maximum absolute atomic E-state index is 12.4. The normalized spacial score (nSPS) is 24.5. The topological polar surface area (TPSA) is 66.8 Å². The van der Waals surface area contributed by atoms with E-state index < -0.39 is 36.2 Å². The van der Waals surface area contributed by atoms with E-state index in [0.29, 0.717) is 4.90 Å². The SMILES string of the molecule is CC1(C)COCC(C(=O)O)N1C(=O)C(F)(F)F. The van der Waals surface area contributed by atoms with E-state index in [1.54, 1.807) is 0 Å². The Balaban J connectivity index is 3.10. The van der Waals surface area contributed by atoms with Crippen molar-refractivity contribution in [1.29, 1.82) is 0 Å². The number of carbonyl (C=O) groups is 2. The summed E-state index contributed by atoms with van der Waals surface area (Å²) in [6.07, 6.45) is -5.09. The summed E-state index contributed by atoms with van der Waals surface area (Å²) in [4.78, 5) is 22.4. The summed E-state index contributed by atoms with van der Waals surface area (Å²) < 4.78 is 42.1. The Morgan fingerprint density at radius 1 is 1.41 bits per heavy atom. The van der Waals surface area contributed by atoms with Crippen LogP contribution in [0.15, 0.2) is 0 Å². The lowest BCUT2D eigenvalue weighted by Gasteiger charge is -2.45. The molecule has 17 heavy (non-hydrogen) atoms. The van der Waals surface area contributed by atoms with Crippen LogP contribution < -0.4 is 0 Å². The third-order valence-electron chi connectivity index (χ3n) is 2.44. The van der Waals surface area contributed by atoms with Crippen LogP contribution in [0.1, 0.15) is 13.8 Å². The van der Waals surface area contributed by atoms with Gasteiger partial charge in [-0.15, -0.1) is 0 Å². The maximum Gasteiger partial charge on any atom is 0.471 e. The van der Waals surface area contributed by atoms with Crippen LogP contribution in [-0.2, 0) is 14.3 Å². The number of nitrogens with zero attached hydrogens (tertiary/aromatic N) is 1. The van der Waals surface area contributed by atoms with Crippen LogP contribution in [0, 0.1) is 0 Å². The minimum absolute atomic E-state index is 0.140. The molecule has 0 radical (unpaired) electrons. The van der Waals surface area contributed by atoms with Crippen molar-refractivity contribution in [3.63, 3.8) is 0 Å². The molecule has 1 aliphatic rings. The predicted octanol–water partition coefficient (Wildman–Crippen LogP) is 0.639. The van der Waals surface area contributed by atoms with Gasteiger partial charge in [0.05, 0.1) is 18.8 Å². The Hall–Kier alpha value is -1.31. The largest absolute Gasteiger partial charge is 0.480 e. The first-order chi connectivity index (χ1) is 7.57. The van der Waals surface area contributed by atoms with E-state index in [0.717, 1.165) is 0 Å². The molecule has 98 valence electrons. The molecule has 1 aliphatic heterocycles. The molecule has 1 N–H and O–H groups in total. The molecule has 1 heterocycles. The van der Waals surface area contributed by atoms with Gasteiger partial charge in [0.2, 0.25) is 0 Å². The van der Waals surface area contributed by atoms with Crippen molar-refractivity contribution in [2.75, 3.05) is 13.2 Å². The molecule has 8 heteroatoms. The number of carboxylic acid groups (broad SMARTS) is 1. The van der Waals surface area contributed by atoms with E-state index in [9.17, 15) is 22.8 Å². The maximum atomic E-state index is 12.4. The van der Waals surface area contributed by atoms with Gasteiger partial charge in [-0.3, -0.25) is 4.79 Å². The van der Waals surface area contributed by atoms with Gasteiger partial charge in [-0.1, -0.05) is 0 Å². The third kappa shape index (κ3) is 2.68. The van der Waals surface area contributed by atoms with Gasteiger partial charge in [0.25, 0.3) is 0 Å². The second-order valence-electron chi connectivity index (χ2n) is 4.35. The summed E-state index contributed by atoms with van der Waals surface area (Å²) in [7, 11) is 0. The third-order valence-corrected chi connectivity index (χ3v) is 2.44. The summed E-state index contributed by atoms with van der Waals surface area (Å²) in [5.74, 6) is -3.67. The molecule has 0 spiro atoms. The summed E-state index contributed by atoms with van der Waals surface area (Å²) in [6, 6.07) is -1.62. The fourth-order valence-electron chi connectivity index (χ4n) is 1.72. The van der Waals surface area contributed by atoms with Gasteiger partial charge in [-0.2, -0.15) is 13.2 Å². The van der Waals surface area contributed by atoms with Gasteiger partial charge in [-0.25, -0.2) is 4.79 Å². The van der Waals surface area contributed by atoms with E-state index in [1.807, 2.05) is 0 Å². The fourth-order valence-corrected chi connectivity index (χ4v) is 1.72. The number of morpholine rings is 1. The molecule has 1 fully saturated rings. The number of hydrogen-bond acceptors (Lipinski definition) is 3. The summed E-state index contributed by atoms with van der Waals surface area (Å²) in [5.41, 5.74) is -1.31. The molecule has 0 aliphatic carbocycles. The lowest BCUT2D eigenvalue weighted by molar-refractivity contribution is -0.207. The van der Waals surface area contributed by atoms with Crippen molar-refractivity contribution >= 4 is 11.9 Å². The molecule has 0 aromatic carbocycles. The van der Waals surface area contributed by atoms with Crippen LogP contribution >= 0.6 is 0 Å². The van der Waals surface area contributed by atoms with Crippen LogP contribution in [-0.4, -0.2) is 52.9 Å². The number of amides is 1. The van der Waals surface area contributed by atoms with Crippen molar-refractivity contribution in [2.45, 2.75) is 31.6 Å². The van der Waals surface area contributed by atoms with Crippen molar-refractivity contribution < 1.29 is 32.6 Å². The molecule has 0 aromatic heterocycles. The van der Waals surface area contributed by atoms with Gasteiger partial charge in [0, 0.05) is 0 Å². The highest BCUT2D eigenvalue weighted by molar-refractivity contribution is 5.88. The van der Waals surface area contributed by atoms with Gasteiger partial charge in [0.15, 0.2) is 6.04 Å². The minimum Gasteiger partial charge on any atom is -0.480 e. The second kappa shape index (κ2) is 4.17. The van der Waals surface area contributed by atoms with Crippen LogP contribution in [0.25, 0.3) is 0 Å². The highest BCUT2D eigenvalue weighted by Crippen LogP contribution is 2.29. The van der Waals surface area contributed by atoms with Gasteiger partial charge in [-0.05, 0) is 13.8 Å². The zero-order chi connectivity index (χ0) is 13.4. The number of carboxylic acids is 1. The summed E-state index contributed by atoms with van der Waals surface area (Å²) >= 11 is 0. The van der Waals surface area contributed by atoms with E-state index in [4.69, 9.17) is 9.84 Å². The molecule has 0 bridgehead atoms. The molecule has 1 amide bonds. The quantitative estimate of drug-likeness (QED) is 0.746. The highest BCUT2D eigenvalue weighted by atomic mass is 19.4. The smallest absolute Gasteiger partial charge is 0.471 e. The molecular weight excluding hydrogens is 243 g/mol. The average molecular weight is 255 g/mol. The molecule has 1 unspecified atom stereocenters. The number of hydrogen-bond donors (Lipinski definition) is 1. The number of alkyl halides is 3. The second-order valence-corrected chi connectivity index (χ2v) is 4.35. The molecule has 0 saturated carbocycles. The molecule has 1 saturated heterocycles. The number of carbonyl (C=O) groups excluding carboxylic acids is 1. The van der Waals surface area contributed by atoms with E-state index >= 15 is 0 Å². The number of halogens is 3. The van der Waals surface area contributed by atoms with Crippen molar-refractivity contribution in [2.24, 2.45) is 0 Å². The van der Waals surface area contributed by atoms with Crippen LogP contribution in [0.3, 0.4) is 0 Å². The van der Waals surface area contributed by atoms with Gasteiger partial charge < -0.3 is 14.7 Å². The average Bonchev–Trinajstić information content (AvgIpc) is 2.13. The van der Waals surface area contributed by atoms with E-state index in [2.05, 4.69) is 0 Å². The Kier molecular flexibility index (Phi) is 3.37. The van der Waals surface area contributed by atoms with Crippen LogP contribution in [0.5, 0.6) is 0 Å². The van der Waals surface area contributed by atoms with Crippen molar-refractivity contribution in [3.05, 3.63) is 0 Å². The monoisotopic (exact) mass is 255 g/mol. The molecule has 5 nitrogen and oxygen atoms in total. The predicted molar refractivity (Wildman–Crippen MR) is 49.2 cm³/mol. The molecular formula is C9H12F3NO4. The summed E-state index contributed by atoms with van der Waals surface area (Å²) in [6.45, 7) is 2.07. The van der Waals surface area contributed by atoms with Crippen LogP contribution in [0.4, 0.5) is 13.2 Å². The van der Waals surface area contributed by atoms with Crippen LogP contribution in [0.2, 0.25) is 0 Å². The Morgan fingerprint density at radius 2 is 1.94 bits per heavy atom. The zero-order valence-corrected chi connectivity index (χ0v) is 9.24. The highest BCUT2D eigenvalue weighted by Gasteiger charge is 2.53. The zero-order valence-electron chi connectivity index (χ0n) is 9.24. The lowest BCUT2D eigenvalue weighted by atomic mass is 9.98. The van der Waals surface area contributed by atoms with E-state index in [-0.39, 0.29) is 6.61 Å². The number of rotatable bonds is 1.